The highest BCUT2D eigenvalue weighted by Crippen LogP contribution is 2.56. The smallest absolute Gasteiger partial charge is 0.339 e. The van der Waals surface area contributed by atoms with Crippen LogP contribution in [0.2, 0.25) is 10.0 Å². The standard InChI is InChI=1S/C34H24Cl2N2O5/c1-17-12-19-13-24(17)31-30(19)32(40)38(33(31)41)21-9-6-18(7-10-21)28-15-25(22-4-2-3-5-27(22)37-28)34(42)43-16-29(39)23-11-8-20(35)14-26(23)36/h2-12,14-15,19,24,30-31H,13,16H2,1H3. The zero-order valence-corrected chi connectivity index (χ0v) is 24.4. The summed E-state index contributed by atoms with van der Waals surface area (Å²) in [6.45, 7) is 1.54. The number of carbonyl (C=O) groups excluding carboxylic acids is 4. The Bertz CT molecular complexity index is 1900. The second kappa shape index (κ2) is 10.4. The van der Waals surface area contributed by atoms with Gasteiger partial charge in [-0.1, -0.05) is 65.2 Å². The van der Waals surface area contributed by atoms with E-state index in [4.69, 9.17) is 32.9 Å². The van der Waals surface area contributed by atoms with E-state index in [1.807, 2.05) is 13.0 Å². The molecule has 1 saturated carbocycles. The van der Waals surface area contributed by atoms with Crippen molar-refractivity contribution in [1.29, 1.82) is 0 Å². The molecule has 0 N–H and O–H groups in total. The fourth-order valence-electron chi connectivity index (χ4n) is 6.80. The molecule has 9 heteroatoms. The molecule has 0 radical (unpaired) electrons. The highest BCUT2D eigenvalue weighted by atomic mass is 35.5. The quantitative estimate of drug-likeness (QED) is 0.101. The number of carbonyl (C=O) groups is 4. The van der Waals surface area contributed by atoms with Gasteiger partial charge in [0.05, 0.1) is 39.3 Å². The number of hydrogen-bond donors (Lipinski definition) is 0. The maximum absolute atomic E-state index is 13.4. The van der Waals surface area contributed by atoms with E-state index in [9.17, 15) is 19.2 Å². The summed E-state index contributed by atoms with van der Waals surface area (Å²) in [7, 11) is 0. The Morgan fingerprint density at radius 3 is 2.44 bits per heavy atom. The van der Waals surface area contributed by atoms with Crippen LogP contribution in [0, 0.1) is 23.7 Å². The highest BCUT2D eigenvalue weighted by Gasteiger charge is 2.60. The molecule has 2 aliphatic carbocycles. The van der Waals surface area contributed by atoms with E-state index in [0.29, 0.717) is 32.9 Å². The molecule has 214 valence electrons. The van der Waals surface area contributed by atoms with Crippen LogP contribution in [0.25, 0.3) is 22.2 Å². The van der Waals surface area contributed by atoms with Crippen molar-refractivity contribution in [3.63, 3.8) is 0 Å². The normalized spacial score (nSPS) is 22.2. The number of anilines is 1. The molecular weight excluding hydrogens is 587 g/mol. The van der Waals surface area contributed by atoms with Crippen LogP contribution >= 0.6 is 23.2 Å². The summed E-state index contributed by atoms with van der Waals surface area (Å²) in [5, 5.41) is 1.14. The molecule has 4 aromatic rings. The first-order valence-corrected chi connectivity index (χ1v) is 14.7. The second-order valence-corrected chi connectivity index (χ2v) is 12.1. The number of allylic oxidation sites excluding steroid dienone is 2. The lowest BCUT2D eigenvalue weighted by Gasteiger charge is -2.19. The number of esters is 1. The summed E-state index contributed by atoms with van der Waals surface area (Å²) >= 11 is 12.1. The molecule has 0 spiro atoms. The Balaban J connectivity index is 1.14. The van der Waals surface area contributed by atoms with E-state index in [1.54, 1.807) is 54.6 Å². The molecule has 3 aliphatic rings. The molecule has 1 saturated heterocycles. The van der Waals surface area contributed by atoms with Gasteiger partial charge in [0.2, 0.25) is 17.6 Å². The minimum absolute atomic E-state index is 0.133. The Morgan fingerprint density at radius 2 is 1.67 bits per heavy atom. The number of ether oxygens (including phenoxy) is 1. The largest absolute Gasteiger partial charge is 0.454 e. The van der Waals surface area contributed by atoms with Gasteiger partial charge in [0, 0.05) is 21.5 Å². The lowest BCUT2D eigenvalue weighted by molar-refractivity contribution is -0.123. The monoisotopic (exact) mass is 610 g/mol. The Kier molecular flexibility index (Phi) is 6.67. The third kappa shape index (κ3) is 4.55. The predicted octanol–water partition coefficient (Wildman–Crippen LogP) is 6.95. The summed E-state index contributed by atoms with van der Waals surface area (Å²) in [5.41, 5.74) is 3.93. The number of fused-ring (bicyclic) bond motifs is 6. The number of aromatic nitrogens is 1. The number of benzene rings is 3. The first-order valence-electron chi connectivity index (χ1n) is 13.9. The van der Waals surface area contributed by atoms with Crippen molar-refractivity contribution in [1.82, 2.24) is 4.98 Å². The first-order chi connectivity index (χ1) is 20.7. The highest BCUT2D eigenvalue weighted by molar-refractivity contribution is 6.37. The number of amides is 2. The molecule has 3 aromatic carbocycles. The Morgan fingerprint density at radius 1 is 0.930 bits per heavy atom. The van der Waals surface area contributed by atoms with E-state index in [0.717, 1.165) is 6.42 Å². The van der Waals surface area contributed by atoms with Gasteiger partial charge < -0.3 is 4.74 Å². The van der Waals surface area contributed by atoms with Crippen molar-refractivity contribution in [2.45, 2.75) is 13.3 Å². The van der Waals surface area contributed by atoms with Crippen LogP contribution in [-0.4, -0.2) is 35.2 Å². The van der Waals surface area contributed by atoms with Crippen molar-refractivity contribution >= 4 is 63.4 Å². The summed E-state index contributed by atoms with van der Waals surface area (Å²) in [6, 6.07) is 20.3. The maximum atomic E-state index is 13.4. The number of pyridine rings is 1. The average molecular weight is 611 g/mol. The van der Waals surface area contributed by atoms with Gasteiger partial charge in [0.1, 0.15) is 0 Å². The van der Waals surface area contributed by atoms with Crippen molar-refractivity contribution in [2.75, 3.05) is 11.5 Å². The van der Waals surface area contributed by atoms with E-state index in [1.165, 1.54) is 22.6 Å². The number of Topliss-reactive ketones (excluding diaryl/α,β-unsaturated/α-hetero) is 1. The van der Waals surface area contributed by atoms with E-state index in [-0.39, 0.29) is 51.6 Å². The third-order valence-corrected chi connectivity index (χ3v) is 9.35. The molecule has 7 nitrogen and oxygen atoms in total. The van der Waals surface area contributed by atoms with E-state index in [2.05, 4.69) is 6.08 Å². The van der Waals surface area contributed by atoms with E-state index >= 15 is 0 Å². The van der Waals surface area contributed by atoms with Crippen LogP contribution in [0.3, 0.4) is 0 Å². The van der Waals surface area contributed by atoms with Crippen molar-refractivity contribution in [2.24, 2.45) is 23.7 Å². The van der Waals surface area contributed by atoms with Gasteiger partial charge in [0.25, 0.3) is 0 Å². The van der Waals surface area contributed by atoms with Gasteiger partial charge in [-0.15, -0.1) is 0 Å². The topological polar surface area (TPSA) is 93.6 Å². The average Bonchev–Trinajstić information content (AvgIpc) is 3.64. The number of rotatable bonds is 6. The van der Waals surface area contributed by atoms with Gasteiger partial charge in [-0.05, 0) is 67.6 Å². The summed E-state index contributed by atoms with van der Waals surface area (Å²) in [5.74, 6) is -1.69. The second-order valence-electron chi connectivity index (χ2n) is 11.2. The third-order valence-electron chi connectivity index (χ3n) is 8.80. The number of ketones is 1. The van der Waals surface area contributed by atoms with Crippen LogP contribution in [0.5, 0.6) is 0 Å². The molecule has 4 atom stereocenters. The number of halogens is 2. The van der Waals surface area contributed by atoms with Gasteiger partial charge in [-0.25, -0.2) is 9.78 Å². The SMILES string of the molecule is CC1=CC2CC1C1C(=O)N(c3ccc(-c4cc(C(=O)OCC(=O)c5ccc(Cl)cc5Cl)c5ccccc5n4)cc3)C(=O)C21. The molecule has 2 bridgehead atoms. The van der Waals surface area contributed by atoms with Gasteiger partial charge in [-0.3, -0.25) is 19.3 Å². The van der Waals surface area contributed by atoms with Crippen LogP contribution < -0.4 is 4.90 Å². The Hall–Kier alpha value is -4.33. The first kappa shape index (κ1) is 27.5. The fourth-order valence-corrected chi connectivity index (χ4v) is 7.32. The van der Waals surface area contributed by atoms with Gasteiger partial charge in [0.15, 0.2) is 6.61 Å². The number of para-hydroxylation sites is 1. The number of nitrogens with zero attached hydrogens (tertiary/aromatic N) is 2. The summed E-state index contributed by atoms with van der Waals surface area (Å²) in [4.78, 5) is 58.7. The lowest BCUT2D eigenvalue weighted by atomic mass is 9.82. The molecule has 1 aromatic heterocycles. The van der Waals surface area contributed by atoms with Crippen LogP contribution in [0.1, 0.15) is 34.1 Å². The molecule has 2 fully saturated rings. The molecule has 2 heterocycles. The maximum Gasteiger partial charge on any atom is 0.339 e. The number of imide groups is 1. The van der Waals surface area contributed by atoms with Crippen LogP contribution in [0.15, 0.2) is 84.4 Å². The summed E-state index contributed by atoms with van der Waals surface area (Å²) in [6.07, 6.45) is 3.03. The molecule has 43 heavy (non-hydrogen) atoms. The van der Waals surface area contributed by atoms with E-state index < -0.39 is 18.4 Å². The van der Waals surface area contributed by atoms with Crippen molar-refractivity contribution < 1.29 is 23.9 Å². The minimum Gasteiger partial charge on any atom is -0.454 e. The van der Waals surface area contributed by atoms with Crippen LogP contribution in [0.4, 0.5) is 5.69 Å². The molecule has 7 rings (SSSR count). The zero-order chi connectivity index (χ0) is 30.0. The fraction of sp³-hybridized carbons (Fsp3) is 0.206. The molecule has 4 unspecified atom stereocenters. The Labute approximate surface area is 257 Å². The van der Waals surface area contributed by atoms with Gasteiger partial charge >= 0.3 is 5.97 Å². The zero-order valence-electron chi connectivity index (χ0n) is 22.9. The molecular formula is C34H24Cl2N2O5. The van der Waals surface area contributed by atoms with Crippen molar-refractivity contribution in [3.05, 3.63) is 106 Å². The molecule has 1 aliphatic heterocycles. The van der Waals surface area contributed by atoms with Gasteiger partial charge in [-0.2, -0.15) is 0 Å². The van der Waals surface area contributed by atoms with Crippen molar-refractivity contribution in [3.8, 4) is 11.3 Å². The summed E-state index contributed by atoms with van der Waals surface area (Å²) < 4.78 is 5.41. The predicted molar refractivity (Wildman–Crippen MR) is 163 cm³/mol. The minimum atomic E-state index is -0.687. The van der Waals surface area contributed by atoms with Crippen LogP contribution in [-0.2, 0) is 14.3 Å². The number of hydrogen-bond acceptors (Lipinski definition) is 6. The molecule has 2 amide bonds. The lowest BCUT2D eigenvalue weighted by Crippen LogP contribution is -2.32.